The summed E-state index contributed by atoms with van der Waals surface area (Å²) in [6, 6.07) is 5.76. The van der Waals surface area contributed by atoms with E-state index in [-0.39, 0.29) is 35.9 Å². The number of methoxy groups -OCH3 is 2. The van der Waals surface area contributed by atoms with Crippen LogP contribution in [0.15, 0.2) is 35.5 Å². The molecule has 0 fully saturated rings. The van der Waals surface area contributed by atoms with Gasteiger partial charge in [0.25, 0.3) is 5.78 Å². The maximum absolute atomic E-state index is 12.2. The third-order valence-corrected chi connectivity index (χ3v) is 3.47. The largest absolute Gasteiger partial charge is 0.475 e. The van der Waals surface area contributed by atoms with E-state index in [0.29, 0.717) is 0 Å². The summed E-state index contributed by atoms with van der Waals surface area (Å²) in [5, 5.41) is 8.98. The summed E-state index contributed by atoms with van der Waals surface area (Å²) in [7, 11) is 2.28. The van der Waals surface area contributed by atoms with Crippen LogP contribution in [0.5, 0.6) is 0 Å². The van der Waals surface area contributed by atoms with Crippen LogP contribution in [0.4, 0.5) is 5.69 Å². The summed E-state index contributed by atoms with van der Waals surface area (Å²) >= 11 is 0. The fourth-order valence-corrected chi connectivity index (χ4v) is 2.35. The van der Waals surface area contributed by atoms with Gasteiger partial charge < -0.3 is 24.2 Å². The fourth-order valence-electron chi connectivity index (χ4n) is 2.35. The third kappa shape index (κ3) is 3.50. The standard InChI is InChI=1S/C16H15NO8/c1-23-15(21)10-7-25-8-17(12(10)16(22)24-2)11-6-4-3-5-9(11)13(18)14(19)20/h3-6H,7-8H2,1-2H3,(H,19,20). The van der Waals surface area contributed by atoms with Crippen molar-refractivity contribution < 1.29 is 38.5 Å². The Balaban J connectivity index is 2.65. The quantitative estimate of drug-likeness (QED) is 0.456. The van der Waals surface area contributed by atoms with Crippen molar-refractivity contribution >= 4 is 29.4 Å². The SMILES string of the molecule is COC(=O)C1=C(C(=O)OC)N(c2ccccc2C(=O)C(=O)O)COC1. The first-order chi connectivity index (χ1) is 11.9. The Labute approximate surface area is 142 Å². The topological polar surface area (TPSA) is 119 Å². The average molecular weight is 349 g/mol. The zero-order chi connectivity index (χ0) is 18.6. The molecule has 9 nitrogen and oxygen atoms in total. The predicted octanol–water partition coefficient (Wildman–Crippen LogP) is 0.348. The fraction of sp³-hybridized carbons (Fsp3) is 0.250. The van der Waals surface area contributed by atoms with Crippen molar-refractivity contribution in [3.63, 3.8) is 0 Å². The number of ketones is 1. The number of hydrogen-bond acceptors (Lipinski definition) is 8. The number of aliphatic carboxylic acids is 1. The van der Waals surface area contributed by atoms with Gasteiger partial charge in [0.2, 0.25) is 0 Å². The first-order valence-electron chi connectivity index (χ1n) is 7.04. The average Bonchev–Trinajstić information content (AvgIpc) is 2.65. The number of ether oxygens (including phenoxy) is 3. The summed E-state index contributed by atoms with van der Waals surface area (Å²) in [6.45, 7) is -0.377. The van der Waals surface area contributed by atoms with Crippen molar-refractivity contribution in [2.24, 2.45) is 0 Å². The number of rotatable bonds is 5. The number of esters is 2. The molecule has 1 aromatic rings. The normalized spacial score (nSPS) is 14.1. The highest BCUT2D eigenvalue weighted by molar-refractivity contribution is 6.41. The Morgan fingerprint density at radius 1 is 1.08 bits per heavy atom. The molecule has 0 aromatic heterocycles. The van der Waals surface area contributed by atoms with E-state index >= 15 is 0 Å². The molecular weight excluding hydrogens is 334 g/mol. The monoisotopic (exact) mass is 349 g/mol. The molecule has 1 N–H and O–H groups in total. The number of anilines is 1. The van der Waals surface area contributed by atoms with Gasteiger partial charge in [0.15, 0.2) is 0 Å². The Hall–Kier alpha value is -3.20. The van der Waals surface area contributed by atoms with Gasteiger partial charge in [0, 0.05) is 0 Å². The van der Waals surface area contributed by atoms with Gasteiger partial charge in [-0.15, -0.1) is 0 Å². The molecule has 0 atom stereocenters. The van der Waals surface area contributed by atoms with Crippen LogP contribution in [0.2, 0.25) is 0 Å². The lowest BCUT2D eigenvalue weighted by molar-refractivity contribution is -0.140. The number of hydrogen-bond donors (Lipinski definition) is 1. The molecule has 0 radical (unpaired) electrons. The van der Waals surface area contributed by atoms with Crippen LogP contribution in [-0.2, 0) is 28.6 Å². The molecule has 0 aliphatic carbocycles. The summed E-state index contributed by atoms with van der Waals surface area (Å²) in [5.74, 6) is -4.46. The Morgan fingerprint density at radius 2 is 1.72 bits per heavy atom. The predicted molar refractivity (Wildman–Crippen MR) is 82.8 cm³/mol. The first kappa shape index (κ1) is 18.1. The van der Waals surface area contributed by atoms with Gasteiger partial charge in [-0.3, -0.25) is 4.79 Å². The molecule has 9 heteroatoms. The first-order valence-corrected chi connectivity index (χ1v) is 7.04. The Kier molecular flexibility index (Phi) is 5.50. The van der Waals surface area contributed by atoms with E-state index in [1.54, 1.807) is 6.07 Å². The van der Waals surface area contributed by atoms with Crippen LogP contribution in [0.25, 0.3) is 0 Å². The minimum atomic E-state index is -1.65. The lowest BCUT2D eigenvalue weighted by atomic mass is 10.1. The Morgan fingerprint density at radius 3 is 2.32 bits per heavy atom. The van der Waals surface area contributed by atoms with E-state index in [9.17, 15) is 19.2 Å². The number of carbonyl (C=O) groups is 4. The molecule has 0 bridgehead atoms. The Bertz CT molecular complexity index is 767. The molecule has 0 unspecified atom stereocenters. The van der Waals surface area contributed by atoms with E-state index in [0.717, 1.165) is 14.2 Å². The van der Waals surface area contributed by atoms with Crippen LogP contribution in [0.1, 0.15) is 10.4 Å². The number of Topliss-reactive ketones (excluding diaryl/α,β-unsaturated/α-hetero) is 1. The van der Waals surface area contributed by atoms with Crippen LogP contribution in [0.3, 0.4) is 0 Å². The smallest absolute Gasteiger partial charge is 0.377 e. The molecule has 0 spiro atoms. The van der Waals surface area contributed by atoms with Gasteiger partial charge >= 0.3 is 17.9 Å². The van der Waals surface area contributed by atoms with Gasteiger partial charge in [-0.05, 0) is 12.1 Å². The summed E-state index contributed by atoms with van der Waals surface area (Å²) in [5.41, 5.74) is -0.341. The molecule has 1 aliphatic heterocycles. The summed E-state index contributed by atoms with van der Waals surface area (Å²) < 4.78 is 14.6. The highest BCUT2D eigenvalue weighted by atomic mass is 16.5. The van der Waals surface area contributed by atoms with Gasteiger partial charge in [0.1, 0.15) is 12.4 Å². The number of carbonyl (C=O) groups excluding carboxylic acids is 3. The maximum atomic E-state index is 12.2. The molecule has 0 saturated heterocycles. The second-order valence-electron chi connectivity index (χ2n) is 4.87. The van der Waals surface area contributed by atoms with Crippen LogP contribution < -0.4 is 4.90 Å². The van der Waals surface area contributed by atoms with E-state index in [1.807, 2.05) is 0 Å². The molecular formula is C16H15NO8. The molecule has 25 heavy (non-hydrogen) atoms. The van der Waals surface area contributed by atoms with Gasteiger partial charge in [-0.2, -0.15) is 0 Å². The minimum Gasteiger partial charge on any atom is -0.475 e. The van der Waals surface area contributed by atoms with Crippen molar-refractivity contribution in [3.8, 4) is 0 Å². The number of benzene rings is 1. The minimum absolute atomic E-state index is 0.0939. The van der Waals surface area contributed by atoms with E-state index < -0.39 is 23.7 Å². The van der Waals surface area contributed by atoms with Crippen LogP contribution in [-0.4, -0.2) is 56.4 Å². The zero-order valence-electron chi connectivity index (χ0n) is 13.5. The highest BCUT2D eigenvalue weighted by Crippen LogP contribution is 2.29. The number of carboxylic acids is 1. The van der Waals surface area contributed by atoms with Crippen molar-refractivity contribution in [1.29, 1.82) is 0 Å². The second kappa shape index (κ2) is 7.58. The zero-order valence-corrected chi connectivity index (χ0v) is 13.5. The van der Waals surface area contributed by atoms with Crippen molar-refractivity contribution in [2.45, 2.75) is 0 Å². The molecule has 1 aliphatic rings. The van der Waals surface area contributed by atoms with Crippen molar-refractivity contribution in [3.05, 3.63) is 41.1 Å². The van der Waals surface area contributed by atoms with Crippen LogP contribution in [0, 0.1) is 0 Å². The summed E-state index contributed by atoms with van der Waals surface area (Å²) in [4.78, 5) is 48.3. The summed E-state index contributed by atoms with van der Waals surface area (Å²) in [6.07, 6.45) is 0. The van der Waals surface area contributed by atoms with Crippen molar-refractivity contribution in [2.75, 3.05) is 32.5 Å². The van der Waals surface area contributed by atoms with Crippen LogP contribution >= 0.6 is 0 Å². The highest BCUT2D eigenvalue weighted by Gasteiger charge is 2.34. The van der Waals surface area contributed by atoms with Gasteiger partial charge in [-0.25, -0.2) is 14.4 Å². The lowest BCUT2D eigenvalue weighted by Gasteiger charge is -2.32. The molecule has 1 heterocycles. The van der Waals surface area contributed by atoms with E-state index in [1.165, 1.54) is 23.1 Å². The molecule has 0 saturated carbocycles. The third-order valence-electron chi connectivity index (χ3n) is 3.47. The van der Waals surface area contributed by atoms with Gasteiger partial charge in [-0.1, -0.05) is 12.1 Å². The molecule has 1 aromatic carbocycles. The molecule has 132 valence electrons. The van der Waals surface area contributed by atoms with E-state index in [4.69, 9.17) is 14.6 Å². The molecule has 0 amide bonds. The second-order valence-corrected chi connectivity index (χ2v) is 4.87. The van der Waals surface area contributed by atoms with E-state index in [2.05, 4.69) is 4.74 Å². The van der Waals surface area contributed by atoms with Gasteiger partial charge in [0.05, 0.1) is 37.7 Å². The lowest BCUT2D eigenvalue weighted by Crippen LogP contribution is -2.39. The van der Waals surface area contributed by atoms with Crippen molar-refractivity contribution in [1.82, 2.24) is 0 Å². The number of nitrogens with zero attached hydrogens (tertiary/aromatic N) is 1. The number of carboxylic acid groups (broad SMARTS) is 1. The number of para-hydroxylation sites is 1. The molecule has 2 rings (SSSR count). The maximum Gasteiger partial charge on any atom is 0.377 e.